The zero-order chi connectivity index (χ0) is 98.6. The lowest BCUT2D eigenvalue weighted by Gasteiger charge is -2.24. The summed E-state index contributed by atoms with van der Waals surface area (Å²) in [7, 11) is 0. The van der Waals surface area contributed by atoms with Gasteiger partial charge in [0.1, 0.15) is 0 Å². The van der Waals surface area contributed by atoms with Crippen molar-refractivity contribution in [3.8, 4) is 0 Å². The van der Waals surface area contributed by atoms with Crippen molar-refractivity contribution >= 4 is 182 Å². The second-order valence-corrected chi connectivity index (χ2v) is 36.8. The van der Waals surface area contributed by atoms with Crippen LogP contribution in [0.2, 0.25) is 30.1 Å². The van der Waals surface area contributed by atoms with Crippen LogP contribution >= 0.6 is 69.6 Å². The summed E-state index contributed by atoms with van der Waals surface area (Å²) in [6.07, 6.45) is -2.26. The second-order valence-electron chi connectivity index (χ2n) is 34.2. The predicted octanol–water partition coefficient (Wildman–Crippen LogP) is 25.4. The van der Waals surface area contributed by atoms with Crippen LogP contribution in [0, 0.1) is 18.6 Å². The summed E-state index contributed by atoms with van der Waals surface area (Å²) in [6.45, 7) is 18.8. The number of nitrogens with zero attached hydrogens (tertiary/aromatic N) is 4. The van der Waals surface area contributed by atoms with E-state index in [1.807, 2.05) is 176 Å². The number of aryl methyl sites for hydroxylation is 1. The maximum absolute atomic E-state index is 14.1. The third kappa shape index (κ3) is 23.7. The van der Waals surface area contributed by atoms with Gasteiger partial charge in [-0.1, -0.05) is 242 Å². The number of Topliss-reactive ketones (excluding diaryl/α,β-unsaturated/α-hetero) is 4. The highest BCUT2D eigenvalue weighted by atomic mass is 35.5. The van der Waals surface area contributed by atoms with E-state index < -0.39 is 50.8 Å². The molecule has 4 N–H and O–H groups in total. The minimum absolute atomic E-state index is 0.0337. The number of amides is 4. The van der Waals surface area contributed by atoms with Gasteiger partial charge in [-0.2, -0.15) is 13.2 Å². The molecule has 4 atom stereocenters. The number of nitrogens with one attached hydrogen (secondary N) is 4. The van der Waals surface area contributed by atoms with Gasteiger partial charge in [0.25, 0.3) is 0 Å². The molecule has 4 heterocycles. The molecule has 31 heteroatoms. The first-order valence-electron chi connectivity index (χ1n) is 44.5. The van der Waals surface area contributed by atoms with Crippen molar-refractivity contribution in [3.63, 3.8) is 0 Å². The van der Waals surface area contributed by atoms with Gasteiger partial charge in [-0.25, -0.2) is 8.78 Å². The fraction of sp³-hybridized carbons (Fsp3) is 0.283. The van der Waals surface area contributed by atoms with E-state index in [0.717, 1.165) is 83.2 Å². The summed E-state index contributed by atoms with van der Waals surface area (Å²) >= 11 is 36.4. The molecule has 12 aromatic carbocycles. The molecule has 16 rings (SSSR count). The molecule has 0 saturated heterocycles. The Balaban J connectivity index is 0.000000154. The van der Waals surface area contributed by atoms with Gasteiger partial charge in [-0.15, -0.1) is 0 Å². The highest BCUT2D eigenvalue weighted by molar-refractivity contribution is 6.36. The summed E-state index contributed by atoms with van der Waals surface area (Å²) in [5.41, 5.74) is 6.84. The SMILES string of the molecule is CCNC(=O)CCC(=O)c1ccc(C2=NO[C@](C)(c3cc(C)cc(Cl)c3)C2)c2ccccc12.CCNC(=O)CCC(=O)c1ccc(C2=NO[C@](C)(c3cc(Cl)c(F)c(C(F)(F)F)c3)C2)c2ccccc12.CCNC(=O)CCC(=O)c1ccc(C2=NO[C@](C)(c3cc(Cl)c(F)c(Cl)c3)C2)c2ccccc12.CCNC(=O)CCC(=O)c1ccc(C2=NO[C@](C)(c3cc(Cl)cc(Cl)c3)C2)c2ccccc12. The molecule has 710 valence electrons. The van der Waals surface area contributed by atoms with Gasteiger partial charge in [0.15, 0.2) is 57.2 Å². The van der Waals surface area contributed by atoms with Crippen LogP contribution in [0.4, 0.5) is 22.0 Å². The lowest BCUT2D eigenvalue weighted by molar-refractivity contribution is -0.140. The Morgan fingerprint density at radius 1 is 0.321 bits per heavy atom. The molecule has 4 aliphatic rings. The molecule has 20 nitrogen and oxygen atoms in total. The van der Waals surface area contributed by atoms with Crippen LogP contribution in [0.1, 0.15) is 230 Å². The Kier molecular flexibility index (Phi) is 32.7. The Bertz CT molecular complexity index is 6650. The quantitative estimate of drug-likeness (QED) is 0.0202. The first-order chi connectivity index (χ1) is 65.3. The van der Waals surface area contributed by atoms with Gasteiger partial charge in [-0.3, -0.25) is 38.4 Å². The molecule has 0 spiro atoms. The number of fused-ring (bicyclic) bond motifs is 4. The number of oxime groups is 4. The molecule has 0 fully saturated rings. The van der Waals surface area contributed by atoms with Crippen LogP contribution in [0.15, 0.2) is 227 Å². The van der Waals surface area contributed by atoms with Crippen molar-refractivity contribution < 1.29 is 79.7 Å². The normalized spacial score (nSPS) is 17.5. The molecule has 0 saturated carbocycles. The van der Waals surface area contributed by atoms with Gasteiger partial charge in [0.2, 0.25) is 23.6 Å². The molecule has 0 aliphatic carbocycles. The van der Waals surface area contributed by atoms with Crippen LogP contribution in [-0.4, -0.2) is 95.8 Å². The largest absolute Gasteiger partial charge is 0.419 e. The van der Waals surface area contributed by atoms with Crippen LogP contribution in [-0.2, 0) is 67.1 Å². The first kappa shape index (κ1) is 102. The van der Waals surface area contributed by atoms with E-state index in [4.69, 9.17) is 89.0 Å². The zero-order valence-electron chi connectivity index (χ0n) is 76.3. The van der Waals surface area contributed by atoms with Crippen LogP contribution in [0.5, 0.6) is 0 Å². The predicted molar refractivity (Wildman–Crippen MR) is 529 cm³/mol. The molecule has 4 aliphatic heterocycles. The fourth-order valence-corrected chi connectivity index (χ4v) is 18.5. The van der Waals surface area contributed by atoms with Crippen molar-refractivity contribution in [2.45, 2.75) is 168 Å². The summed E-state index contributed by atoms with van der Waals surface area (Å²) < 4.78 is 68.0. The van der Waals surface area contributed by atoms with E-state index in [2.05, 4.69) is 48.0 Å². The van der Waals surface area contributed by atoms with E-state index in [9.17, 15) is 60.3 Å². The smallest absolute Gasteiger partial charge is 0.384 e. The Morgan fingerprint density at radius 3 is 0.825 bits per heavy atom. The Labute approximate surface area is 818 Å². The average molecular weight is 1980 g/mol. The summed E-state index contributed by atoms with van der Waals surface area (Å²) in [4.78, 5) is 122. The number of hydrogen-bond donors (Lipinski definition) is 4. The van der Waals surface area contributed by atoms with Crippen LogP contribution in [0.3, 0.4) is 0 Å². The van der Waals surface area contributed by atoms with Crippen molar-refractivity contribution in [2.75, 3.05) is 26.2 Å². The fourth-order valence-electron chi connectivity index (χ4n) is 17.0. The summed E-state index contributed by atoms with van der Waals surface area (Å²) in [6, 6.07) is 60.7. The molecule has 0 aromatic heterocycles. The van der Waals surface area contributed by atoms with E-state index in [1.54, 1.807) is 62.4 Å². The van der Waals surface area contributed by atoms with Crippen molar-refractivity contribution in [2.24, 2.45) is 20.6 Å². The molecule has 0 bridgehead atoms. The van der Waals surface area contributed by atoms with Crippen molar-refractivity contribution in [3.05, 3.63) is 326 Å². The monoisotopic (exact) mass is 1980 g/mol. The van der Waals surface area contributed by atoms with Crippen molar-refractivity contribution in [1.82, 2.24) is 21.3 Å². The molecular weight excluding hydrogens is 1880 g/mol. The molecule has 137 heavy (non-hydrogen) atoms. The molecular formula is C106H97Cl6F5N8O12. The second kappa shape index (κ2) is 43.9. The van der Waals surface area contributed by atoms with E-state index >= 15 is 0 Å². The highest BCUT2D eigenvalue weighted by Crippen LogP contribution is 2.47. The minimum Gasteiger partial charge on any atom is -0.384 e. The number of hydrogen-bond acceptors (Lipinski definition) is 16. The van der Waals surface area contributed by atoms with Crippen LogP contribution < -0.4 is 21.3 Å². The summed E-state index contributed by atoms with van der Waals surface area (Å²) in [5, 5.41) is 35.6. The Hall–Kier alpha value is -12.5. The first-order valence-corrected chi connectivity index (χ1v) is 46.8. The number of alkyl halides is 3. The number of rotatable bonds is 28. The molecule has 12 aromatic rings. The number of carbonyl (C=O) groups is 8. The van der Waals surface area contributed by atoms with Gasteiger partial charge in [-0.05, 0) is 171 Å². The summed E-state index contributed by atoms with van der Waals surface area (Å²) in [5.74, 6) is -3.20. The third-order valence-corrected chi connectivity index (χ3v) is 25.5. The maximum atomic E-state index is 14.1. The van der Waals surface area contributed by atoms with E-state index in [1.165, 1.54) is 12.1 Å². The van der Waals surface area contributed by atoms with Crippen molar-refractivity contribution in [1.29, 1.82) is 0 Å². The Morgan fingerprint density at radius 2 is 0.562 bits per heavy atom. The van der Waals surface area contributed by atoms with E-state index in [0.29, 0.717) is 122 Å². The number of carbonyl (C=O) groups excluding carboxylic acids is 8. The number of benzene rings is 12. The molecule has 0 unspecified atom stereocenters. The third-order valence-electron chi connectivity index (χ3n) is 24.1. The average Bonchev–Trinajstić information content (AvgIpc) is 1.68. The minimum atomic E-state index is -4.93. The van der Waals surface area contributed by atoms with Gasteiger partial charge in [0, 0.05) is 179 Å². The highest BCUT2D eigenvalue weighted by Gasteiger charge is 2.45. The zero-order valence-corrected chi connectivity index (χ0v) is 80.8. The van der Waals surface area contributed by atoms with Crippen LogP contribution in [0.25, 0.3) is 43.1 Å². The van der Waals surface area contributed by atoms with Gasteiger partial charge in [0.05, 0.1) is 43.5 Å². The van der Waals surface area contributed by atoms with E-state index in [-0.39, 0.29) is 120 Å². The standard InChI is InChI=1S/C27H23ClF4N2O3.C27H27ClN2O3.C26H23Cl2FN2O3.C26H24Cl2N2O3/c1-3-33-24(36)11-10-23(35)19-9-8-18(16-6-4-5-7-17(16)19)22-14-26(2,37-34-22)15-12-20(27(30,31)32)25(29)21(28)13-15;1-4-29-26(32)12-11-25(31)23-10-9-22(20-7-5-6-8-21(20)23)24-16-27(3,33-30-24)18-13-17(2)14-19(28)15-18;1-3-30-24(33)11-10-23(32)19-9-8-18(16-6-4-5-7-17(16)19)22-14-26(2,34-31-22)15-12-20(27)25(29)21(28)13-15;1-3-29-25(32)11-10-24(31)22-9-8-21(19-6-4-5-7-20(19)22)23-15-26(2,33-30-23)16-12-17(27)14-18(28)13-16/h4-9,12-13H,3,10-11,14H2,1-2H3,(H,33,36);5-10,13-15H,4,11-12,16H2,1-3H3,(H,29,32);4-9,12-13H,3,10-11,14H2,1-2H3,(H,30,33);4-9,12-14H,3,10-11,15H2,1-2H3,(H,29,32)/t26-;27-;2*26-/m0000/s1. The maximum Gasteiger partial charge on any atom is 0.419 e. The topological polar surface area (TPSA) is 271 Å². The lowest BCUT2D eigenvalue weighted by atomic mass is 9.86. The molecule has 0 radical (unpaired) electrons. The number of halogens is 11. The number of ketones is 4. The van der Waals surface area contributed by atoms with Gasteiger partial charge < -0.3 is 40.6 Å². The molecule has 4 amide bonds. The van der Waals surface area contributed by atoms with Gasteiger partial charge >= 0.3 is 6.18 Å². The lowest BCUT2D eigenvalue weighted by Crippen LogP contribution is -2.24.